The Morgan fingerprint density at radius 3 is 2.50 bits per heavy atom. The topological polar surface area (TPSA) is 20.3 Å². The molecule has 0 amide bonds. The van der Waals surface area contributed by atoms with Crippen LogP contribution in [0, 0.1) is 5.92 Å². The molecule has 0 radical (unpaired) electrons. The summed E-state index contributed by atoms with van der Waals surface area (Å²) in [6, 6.07) is 1.01. The van der Waals surface area contributed by atoms with Crippen LogP contribution in [0.4, 0.5) is 0 Å². The molecule has 56 valence electrons. The van der Waals surface area contributed by atoms with Crippen molar-refractivity contribution in [2.24, 2.45) is 5.92 Å². The highest BCUT2D eigenvalue weighted by Crippen LogP contribution is 2.46. The van der Waals surface area contributed by atoms with E-state index in [9.17, 15) is 4.79 Å². The van der Waals surface area contributed by atoms with Gasteiger partial charge in [-0.2, -0.15) is 0 Å². The Labute approximate surface area is 61.2 Å². The van der Waals surface area contributed by atoms with Crippen molar-refractivity contribution in [3.05, 3.63) is 0 Å². The van der Waals surface area contributed by atoms with E-state index in [1.54, 1.807) is 6.92 Å². The molecule has 0 spiro atoms. The second kappa shape index (κ2) is 1.82. The van der Waals surface area contributed by atoms with Crippen LogP contribution in [0.15, 0.2) is 0 Å². The van der Waals surface area contributed by atoms with Crippen molar-refractivity contribution >= 4 is 5.78 Å². The second-order valence-corrected chi connectivity index (χ2v) is 3.59. The summed E-state index contributed by atoms with van der Waals surface area (Å²) in [4.78, 5) is 13.2. The summed E-state index contributed by atoms with van der Waals surface area (Å²) in [5, 5.41) is 0. The van der Waals surface area contributed by atoms with E-state index in [4.69, 9.17) is 0 Å². The van der Waals surface area contributed by atoms with Gasteiger partial charge in [-0.3, -0.25) is 9.69 Å². The predicted molar refractivity (Wildman–Crippen MR) is 38.7 cm³/mol. The van der Waals surface area contributed by atoms with Crippen LogP contribution in [-0.4, -0.2) is 29.8 Å². The average Bonchev–Trinajstić information content (AvgIpc) is 2.54. The van der Waals surface area contributed by atoms with Crippen LogP contribution >= 0.6 is 0 Å². The summed E-state index contributed by atoms with van der Waals surface area (Å²) in [7, 11) is 2.07. The molecule has 1 heterocycles. The van der Waals surface area contributed by atoms with Crippen LogP contribution in [0.1, 0.15) is 19.8 Å². The lowest BCUT2D eigenvalue weighted by Crippen LogP contribution is -2.34. The molecule has 2 heteroatoms. The molecular weight excluding hydrogens is 126 g/mol. The Hall–Kier alpha value is -0.370. The third-order valence-electron chi connectivity index (χ3n) is 2.90. The van der Waals surface area contributed by atoms with E-state index in [0.29, 0.717) is 5.78 Å². The number of hydrogen-bond acceptors (Lipinski definition) is 2. The maximum absolute atomic E-state index is 11.0. The van der Waals surface area contributed by atoms with Gasteiger partial charge in [0.05, 0.1) is 6.04 Å². The Morgan fingerprint density at radius 1 is 1.50 bits per heavy atom. The number of piperidine rings is 1. The van der Waals surface area contributed by atoms with Crippen molar-refractivity contribution in [2.45, 2.75) is 31.8 Å². The van der Waals surface area contributed by atoms with Crippen LogP contribution in [0.5, 0.6) is 0 Å². The minimum absolute atomic E-state index is 0.253. The lowest BCUT2D eigenvalue weighted by atomic mass is 10.1. The molecule has 1 aliphatic carbocycles. The van der Waals surface area contributed by atoms with Crippen LogP contribution in [0.3, 0.4) is 0 Å². The van der Waals surface area contributed by atoms with Gasteiger partial charge in [-0.05, 0) is 32.7 Å². The third-order valence-corrected chi connectivity index (χ3v) is 2.90. The first-order chi connectivity index (χ1) is 4.70. The number of carbonyl (C=O) groups is 1. The van der Waals surface area contributed by atoms with Gasteiger partial charge in [-0.25, -0.2) is 0 Å². The zero-order valence-corrected chi connectivity index (χ0v) is 6.50. The normalized spacial score (nSPS) is 45.2. The molecule has 2 nitrogen and oxygen atoms in total. The van der Waals surface area contributed by atoms with Gasteiger partial charge in [-0.15, -0.1) is 0 Å². The van der Waals surface area contributed by atoms with Crippen molar-refractivity contribution in [1.29, 1.82) is 0 Å². The number of hydrogen-bond donors (Lipinski definition) is 0. The molecule has 0 bridgehead atoms. The summed E-state index contributed by atoms with van der Waals surface area (Å²) >= 11 is 0. The molecule has 2 fully saturated rings. The number of likely N-dealkylation sites (tertiary alicyclic amines) is 1. The molecule has 2 rings (SSSR count). The van der Waals surface area contributed by atoms with Crippen molar-refractivity contribution in [3.63, 3.8) is 0 Å². The van der Waals surface area contributed by atoms with Crippen molar-refractivity contribution in [2.75, 3.05) is 7.05 Å². The summed E-state index contributed by atoms with van der Waals surface area (Å²) < 4.78 is 0. The molecule has 0 unspecified atom stereocenters. The van der Waals surface area contributed by atoms with Crippen molar-refractivity contribution in [3.8, 4) is 0 Å². The van der Waals surface area contributed by atoms with E-state index in [1.807, 2.05) is 0 Å². The Morgan fingerprint density at radius 2 is 2.20 bits per heavy atom. The van der Waals surface area contributed by atoms with Gasteiger partial charge in [0, 0.05) is 6.04 Å². The number of likely N-dealkylation sites (N-methyl/N-ethyl adjacent to an activating group) is 1. The van der Waals surface area contributed by atoms with Gasteiger partial charge >= 0.3 is 0 Å². The maximum atomic E-state index is 11.0. The Kier molecular flexibility index (Phi) is 1.15. The largest absolute Gasteiger partial charge is 0.298 e. The lowest BCUT2D eigenvalue weighted by molar-refractivity contribution is -0.121. The molecule has 3 atom stereocenters. The standard InChI is InChI=1S/C8H13NO/c1-5(10)7-3-6-4-8(6)9(7)2/h6-8H,3-4H2,1-2H3/t6-,7+,8+/m1/s1. The number of carbonyl (C=O) groups excluding carboxylic acids is 1. The smallest absolute Gasteiger partial charge is 0.146 e. The number of fused-ring (bicyclic) bond motifs is 1. The van der Waals surface area contributed by atoms with Gasteiger partial charge in [0.15, 0.2) is 0 Å². The molecule has 0 aromatic carbocycles. The zero-order valence-electron chi connectivity index (χ0n) is 6.50. The number of nitrogens with zero attached hydrogens (tertiary/aromatic N) is 1. The summed E-state index contributed by atoms with van der Waals surface area (Å²) in [5.74, 6) is 1.20. The monoisotopic (exact) mass is 139 g/mol. The van der Waals surface area contributed by atoms with E-state index in [-0.39, 0.29) is 6.04 Å². The lowest BCUT2D eigenvalue weighted by Gasteiger charge is -2.19. The average molecular weight is 139 g/mol. The highest BCUT2D eigenvalue weighted by Gasteiger charge is 2.51. The molecule has 10 heavy (non-hydrogen) atoms. The van der Waals surface area contributed by atoms with Gasteiger partial charge in [-0.1, -0.05) is 0 Å². The second-order valence-electron chi connectivity index (χ2n) is 3.59. The summed E-state index contributed by atoms with van der Waals surface area (Å²) in [6.07, 6.45) is 2.46. The molecule has 0 aromatic heterocycles. The maximum Gasteiger partial charge on any atom is 0.146 e. The Balaban J connectivity index is 2.07. The highest BCUT2D eigenvalue weighted by atomic mass is 16.1. The van der Waals surface area contributed by atoms with Gasteiger partial charge in [0.2, 0.25) is 0 Å². The first kappa shape index (κ1) is 6.35. The van der Waals surface area contributed by atoms with Gasteiger partial charge in [0.1, 0.15) is 5.78 Å². The molecule has 1 aliphatic heterocycles. The predicted octanol–water partition coefficient (Wildman–Crippen LogP) is 0.668. The van der Waals surface area contributed by atoms with Crippen LogP contribution in [0.25, 0.3) is 0 Å². The fourth-order valence-electron chi connectivity index (χ4n) is 2.12. The van der Waals surface area contributed by atoms with E-state index >= 15 is 0 Å². The van der Waals surface area contributed by atoms with E-state index in [0.717, 1.165) is 18.4 Å². The molecule has 0 aromatic rings. The quantitative estimate of drug-likeness (QED) is 0.532. The molecule has 0 N–H and O–H groups in total. The van der Waals surface area contributed by atoms with Crippen LogP contribution in [-0.2, 0) is 4.79 Å². The fraction of sp³-hybridized carbons (Fsp3) is 0.875. The first-order valence-corrected chi connectivity index (χ1v) is 3.92. The summed E-state index contributed by atoms with van der Waals surface area (Å²) in [6.45, 7) is 1.70. The highest BCUT2D eigenvalue weighted by molar-refractivity contribution is 5.82. The van der Waals surface area contributed by atoms with Gasteiger partial charge < -0.3 is 0 Å². The Bertz CT molecular complexity index is 178. The number of rotatable bonds is 1. The zero-order chi connectivity index (χ0) is 7.30. The SMILES string of the molecule is CC(=O)[C@@H]1C[C@@H]2C[C@@H]2N1C. The minimum Gasteiger partial charge on any atom is -0.298 e. The van der Waals surface area contributed by atoms with Crippen LogP contribution in [0.2, 0.25) is 0 Å². The van der Waals surface area contributed by atoms with Crippen LogP contribution < -0.4 is 0 Å². The van der Waals surface area contributed by atoms with Gasteiger partial charge in [0.25, 0.3) is 0 Å². The molecule has 1 saturated carbocycles. The minimum atomic E-state index is 0.253. The first-order valence-electron chi connectivity index (χ1n) is 3.92. The molecule has 2 aliphatic rings. The number of ketones is 1. The molecular formula is C8H13NO. The van der Waals surface area contributed by atoms with E-state index in [2.05, 4.69) is 11.9 Å². The molecule has 1 saturated heterocycles. The third kappa shape index (κ3) is 0.717. The van der Waals surface area contributed by atoms with Crippen molar-refractivity contribution < 1.29 is 4.79 Å². The fourth-order valence-corrected chi connectivity index (χ4v) is 2.12. The van der Waals surface area contributed by atoms with E-state index < -0.39 is 0 Å². The van der Waals surface area contributed by atoms with E-state index in [1.165, 1.54) is 6.42 Å². The number of Topliss-reactive ketones (excluding diaryl/α,β-unsaturated/α-hetero) is 1. The summed E-state index contributed by atoms with van der Waals surface area (Å²) in [5.41, 5.74) is 0. The van der Waals surface area contributed by atoms with Crippen molar-refractivity contribution in [1.82, 2.24) is 4.90 Å².